The SMILES string of the molecule is O=C(O)C1(C(=O)O)CCCCC1.OCC1(CO)C=CCCC1. The molecule has 126 valence electrons. The second-order valence-electron chi connectivity index (χ2n) is 6.23. The maximum Gasteiger partial charge on any atom is 0.321 e. The molecule has 0 bridgehead atoms. The summed E-state index contributed by atoms with van der Waals surface area (Å²) in [7, 11) is 0. The molecule has 0 unspecified atom stereocenters. The van der Waals surface area contributed by atoms with E-state index in [-0.39, 0.29) is 31.5 Å². The molecular weight excluding hydrogens is 288 g/mol. The highest BCUT2D eigenvalue weighted by molar-refractivity contribution is 5.98. The summed E-state index contributed by atoms with van der Waals surface area (Å²) in [4.78, 5) is 21.5. The molecule has 0 heterocycles. The zero-order valence-electron chi connectivity index (χ0n) is 12.8. The van der Waals surface area contributed by atoms with Crippen molar-refractivity contribution in [2.24, 2.45) is 10.8 Å². The molecule has 2 aliphatic rings. The fraction of sp³-hybridized carbons (Fsp3) is 0.750. The van der Waals surface area contributed by atoms with E-state index in [4.69, 9.17) is 20.4 Å². The quantitative estimate of drug-likeness (QED) is 0.464. The summed E-state index contributed by atoms with van der Waals surface area (Å²) >= 11 is 0. The van der Waals surface area contributed by atoms with E-state index in [9.17, 15) is 9.59 Å². The van der Waals surface area contributed by atoms with Crippen LogP contribution >= 0.6 is 0 Å². The monoisotopic (exact) mass is 314 g/mol. The van der Waals surface area contributed by atoms with E-state index in [0.29, 0.717) is 12.8 Å². The number of aliphatic carboxylic acids is 2. The number of rotatable bonds is 4. The Balaban J connectivity index is 0.000000224. The molecule has 4 N–H and O–H groups in total. The lowest BCUT2D eigenvalue weighted by Gasteiger charge is -2.28. The molecule has 1 fully saturated rings. The summed E-state index contributed by atoms with van der Waals surface area (Å²) in [6, 6.07) is 0. The highest BCUT2D eigenvalue weighted by Crippen LogP contribution is 2.36. The maximum absolute atomic E-state index is 10.7. The summed E-state index contributed by atoms with van der Waals surface area (Å²) < 4.78 is 0. The van der Waals surface area contributed by atoms with Crippen LogP contribution in [-0.4, -0.2) is 45.6 Å². The average Bonchev–Trinajstić information content (AvgIpc) is 2.56. The van der Waals surface area contributed by atoms with E-state index in [1.54, 1.807) is 0 Å². The molecule has 0 saturated heterocycles. The first kappa shape index (κ1) is 18.6. The first-order valence-corrected chi connectivity index (χ1v) is 7.79. The summed E-state index contributed by atoms with van der Waals surface area (Å²) in [5.74, 6) is -2.37. The number of carboxylic acid groups (broad SMARTS) is 2. The number of aliphatic hydroxyl groups is 2. The van der Waals surface area contributed by atoms with Gasteiger partial charge in [-0.1, -0.05) is 31.4 Å². The lowest BCUT2D eigenvalue weighted by atomic mass is 9.74. The maximum atomic E-state index is 10.7. The Morgan fingerprint density at radius 1 is 0.864 bits per heavy atom. The fourth-order valence-corrected chi connectivity index (χ4v) is 2.98. The fourth-order valence-electron chi connectivity index (χ4n) is 2.98. The van der Waals surface area contributed by atoms with Gasteiger partial charge in [-0.05, 0) is 32.1 Å². The molecule has 22 heavy (non-hydrogen) atoms. The first-order valence-electron chi connectivity index (χ1n) is 7.79. The zero-order valence-corrected chi connectivity index (χ0v) is 12.8. The minimum Gasteiger partial charge on any atom is -0.480 e. The van der Waals surface area contributed by atoms with Gasteiger partial charge in [0.15, 0.2) is 5.41 Å². The summed E-state index contributed by atoms with van der Waals surface area (Å²) in [6.07, 6.45) is 9.97. The van der Waals surface area contributed by atoms with Gasteiger partial charge < -0.3 is 20.4 Å². The molecule has 0 amide bonds. The molecule has 6 heteroatoms. The lowest BCUT2D eigenvalue weighted by molar-refractivity contribution is -0.167. The normalized spacial score (nSPS) is 22.3. The van der Waals surface area contributed by atoms with E-state index in [1.165, 1.54) is 0 Å². The van der Waals surface area contributed by atoms with E-state index in [2.05, 4.69) is 0 Å². The predicted molar refractivity (Wildman–Crippen MR) is 80.4 cm³/mol. The summed E-state index contributed by atoms with van der Waals surface area (Å²) in [5.41, 5.74) is -1.80. The second-order valence-corrected chi connectivity index (χ2v) is 6.23. The topological polar surface area (TPSA) is 115 Å². The molecule has 0 atom stereocenters. The van der Waals surface area contributed by atoms with E-state index < -0.39 is 17.4 Å². The number of hydrogen-bond donors (Lipinski definition) is 4. The van der Waals surface area contributed by atoms with Gasteiger partial charge in [0, 0.05) is 5.41 Å². The lowest BCUT2D eigenvalue weighted by Crippen LogP contribution is -2.40. The Morgan fingerprint density at radius 2 is 1.41 bits per heavy atom. The van der Waals surface area contributed by atoms with Crippen molar-refractivity contribution >= 4 is 11.9 Å². The van der Waals surface area contributed by atoms with Gasteiger partial charge in [0.1, 0.15) is 0 Å². The standard InChI is InChI=1S/C8H12O4.C8H14O2/c9-6(10)8(7(11)12)4-2-1-3-5-8;9-6-8(7-10)4-2-1-3-5-8/h1-5H2,(H,9,10)(H,11,12);2,4,9-10H,1,3,5-7H2. The smallest absolute Gasteiger partial charge is 0.321 e. The number of carboxylic acids is 2. The second kappa shape index (κ2) is 8.29. The predicted octanol–water partition coefficient (Wildman–Crippen LogP) is 1.80. The molecular formula is C16H26O6. The van der Waals surface area contributed by atoms with Crippen molar-refractivity contribution in [1.82, 2.24) is 0 Å². The third-order valence-corrected chi connectivity index (χ3v) is 4.67. The zero-order chi connectivity index (χ0) is 16.6. The molecule has 0 spiro atoms. The third-order valence-electron chi connectivity index (χ3n) is 4.67. The van der Waals surface area contributed by atoms with Crippen LogP contribution in [-0.2, 0) is 9.59 Å². The number of allylic oxidation sites excluding steroid dienone is 1. The van der Waals surface area contributed by atoms with Gasteiger partial charge in [0.25, 0.3) is 0 Å². The van der Waals surface area contributed by atoms with Crippen LogP contribution in [0, 0.1) is 10.8 Å². The van der Waals surface area contributed by atoms with Crippen molar-refractivity contribution in [3.8, 4) is 0 Å². The van der Waals surface area contributed by atoms with Crippen molar-refractivity contribution in [1.29, 1.82) is 0 Å². The third kappa shape index (κ3) is 4.30. The number of aliphatic hydroxyl groups excluding tert-OH is 2. The van der Waals surface area contributed by atoms with Crippen molar-refractivity contribution in [2.75, 3.05) is 13.2 Å². The van der Waals surface area contributed by atoms with Gasteiger partial charge in [0.05, 0.1) is 13.2 Å². The van der Waals surface area contributed by atoms with Crippen LogP contribution in [0.25, 0.3) is 0 Å². The number of hydrogen-bond acceptors (Lipinski definition) is 4. The molecule has 0 aromatic rings. The van der Waals surface area contributed by atoms with Gasteiger partial charge >= 0.3 is 11.9 Å². The van der Waals surface area contributed by atoms with Crippen LogP contribution in [0.2, 0.25) is 0 Å². The summed E-state index contributed by atoms with van der Waals surface area (Å²) in [5, 5.41) is 35.4. The van der Waals surface area contributed by atoms with Crippen molar-refractivity contribution in [2.45, 2.75) is 51.4 Å². The Labute approximate surface area is 130 Å². The van der Waals surface area contributed by atoms with Gasteiger partial charge in [-0.15, -0.1) is 0 Å². The van der Waals surface area contributed by atoms with Crippen LogP contribution < -0.4 is 0 Å². The van der Waals surface area contributed by atoms with E-state index in [1.807, 2.05) is 12.2 Å². The van der Waals surface area contributed by atoms with Crippen LogP contribution in [0.4, 0.5) is 0 Å². The Bertz CT molecular complexity index is 389. The molecule has 0 aliphatic heterocycles. The first-order chi connectivity index (χ1) is 10.4. The highest BCUT2D eigenvalue weighted by atomic mass is 16.4. The molecule has 2 rings (SSSR count). The molecule has 0 aromatic heterocycles. The molecule has 2 aliphatic carbocycles. The minimum atomic E-state index is -1.49. The Morgan fingerprint density at radius 3 is 1.68 bits per heavy atom. The van der Waals surface area contributed by atoms with Crippen molar-refractivity contribution in [3.05, 3.63) is 12.2 Å². The average molecular weight is 314 g/mol. The highest BCUT2D eigenvalue weighted by Gasteiger charge is 2.46. The van der Waals surface area contributed by atoms with Crippen LogP contribution in [0.1, 0.15) is 51.4 Å². The molecule has 1 saturated carbocycles. The van der Waals surface area contributed by atoms with Crippen molar-refractivity contribution in [3.63, 3.8) is 0 Å². The Hall–Kier alpha value is -1.40. The van der Waals surface area contributed by atoms with Crippen molar-refractivity contribution < 1.29 is 30.0 Å². The largest absolute Gasteiger partial charge is 0.480 e. The van der Waals surface area contributed by atoms with Gasteiger partial charge in [-0.3, -0.25) is 9.59 Å². The van der Waals surface area contributed by atoms with Crippen LogP contribution in [0.3, 0.4) is 0 Å². The molecule has 0 radical (unpaired) electrons. The van der Waals surface area contributed by atoms with E-state index >= 15 is 0 Å². The van der Waals surface area contributed by atoms with Crippen LogP contribution in [0.5, 0.6) is 0 Å². The molecule has 6 nitrogen and oxygen atoms in total. The van der Waals surface area contributed by atoms with Crippen LogP contribution in [0.15, 0.2) is 12.2 Å². The van der Waals surface area contributed by atoms with Gasteiger partial charge in [-0.25, -0.2) is 0 Å². The minimum absolute atomic E-state index is 0.0694. The Kier molecular flexibility index (Phi) is 7.03. The number of carbonyl (C=O) groups is 2. The van der Waals surface area contributed by atoms with Gasteiger partial charge in [-0.2, -0.15) is 0 Å². The molecule has 0 aromatic carbocycles. The summed E-state index contributed by atoms with van der Waals surface area (Å²) in [6.45, 7) is 0.139. The van der Waals surface area contributed by atoms with E-state index in [0.717, 1.165) is 25.7 Å². The van der Waals surface area contributed by atoms with Gasteiger partial charge in [0.2, 0.25) is 0 Å².